The number of hydrogen-bond donors (Lipinski definition) is 1. The summed E-state index contributed by atoms with van der Waals surface area (Å²) in [5.74, 6) is 0.765. The molecule has 0 aliphatic carbocycles. The maximum Gasteiger partial charge on any atom is 0.168 e. The highest BCUT2D eigenvalue weighted by molar-refractivity contribution is 7.16. The van der Waals surface area contributed by atoms with E-state index >= 15 is 0 Å². The third kappa shape index (κ3) is 1.47. The van der Waals surface area contributed by atoms with E-state index in [1.165, 1.54) is 11.3 Å². The summed E-state index contributed by atoms with van der Waals surface area (Å²) in [6.07, 6.45) is 0. The van der Waals surface area contributed by atoms with Crippen molar-refractivity contribution < 1.29 is 0 Å². The predicted octanol–water partition coefficient (Wildman–Crippen LogP) is 2.18. The summed E-state index contributed by atoms with van der Waals surface area (Å²) < 4.78 is 8.26. The maximum absolute atomic E-state index is 8.69. The van der Waals surface area contributed by atoms with Crippen LogP contribution in [0.1, 0.15) is 4.88 Å². The van der Waals surface area contributed by atoms with E-state index < -0.39 is 0 Å². The molecule has 4 nitrogen and oxygen atoms in total. The Morgan fingerprint density at radius 2 is 2.29 bits per heavy atom. The van der Waals surface area contributed by atoms with Crippen LogP contribution in [0.2, 0.25) is 0 Å². The Morgan fingerprint density at radius 1 is 1.43 bits per heavy atom. The number of hydrogen-bond acceptors (Lipinski definition) is 6. The van der Waals surface area contributed by atoms with Gasteiger partial charge in [-0.2, -0.15) is 14.0 Å². The first-order valence-electron chi connectivity index (χ1n) is 3.85. The van der Waals surface area contributed by atoms with Crippen LogP contribution in [0, 0.1) is 11.3 Å². The van der Waals surface area contributed by atoms with Crippen molar-refractivity contribution >= 4 is 28.9 Å². The quantitative estimate of drug-likeness (QED) is 0.846. The number of nitriles is 1. The van der Waals surface area contributed by atoms with Gasteiger partial charge < -0.3 is 5.32 Å². The van der Waals surface area contributed by atoms with Gasteiger partial charge in [-0.25, -0.2) is 0 Å². The lowest BCUT2D eigenvalue weighted by Crippen LogP contribution is -1.89. The first-order chi connectivity index (χ1) is 6.85. The third-order valence-electron chi connectivity index (χ3n) is 1.67. The second kappa shape index (κ2) is 3.74. The predicted molar refractivity (Wildman–Crippen MR) is 57.5 cm³/mol. The molecule has 14 heavy (non-hydrogen) atoms. The van der Waals surface area contributed by atoms with E-state index in [0.29, 0.717) is 4.88 Å². The third-order valence-corrected chi connectivity index (χ3v) is 3.20. The van der Waals surface area contributed by atoms with Gasteiger partial charge in [-0.05, 0) is 12.1 Å². The van der Waals surface area contributed by atoms with Gasteiger partial charge in [-0.1, -0.05) is 0 Å². The van der Waals surface area contributed by atoms with E-state index in [1.807, 2.05) is 6.07 Å². The summed E-state index contributed by atoms with van der Waals surface area (Å²) in [4.78, 5) is 1.66. The molecule has 0 aliphatic heterocycles. The first-order valence-corrected chi connectivity index (χ1v) is 5.40. The van der Waals surface area contributed by atoms with Gasteiger partial charge in [0.05, 0.1) is 16.6 Å². The molecule has 6 heteroatoms. The van der Waals surface area contributed by atoms with Crippen LogP contribution >= 0.6 is 23.1 Å². The molecule has 0 spiro atoms. The van der Waals surface area contributed by atoms with Gasteiger partial charge in [0, 0.05) is 7.05 Å². The molecule has 2 aromatic rings. The van der Waals surface area contributed by atoms with Crippen molar-refractivity contribution in [1.29, 1.82) is 5.26 Å². The average molecular weight is 222 g/mol. The van der Waals surface area contributed by atoms with E-state index in [2.05, 4.69) is 20.1 Å². The van der Waals surface area contributed by atoms with Crippen LogP contribution in [0.3, 0.4) is 0 Å². The average Bonchev–Trinajstić information content (AvgIpc) is 2.85. The fraction of sp³-hybridized carbons (Fsp3) is 0.125. The number of nitrogens with zero attached hydrogens (tertiary/aromatic N) is 3. The smallest absolute Gasteiger partial charge is 0.168 e. The molecule has 0 saturated heterocycles. The summed E-state index contributed by atoms with van der Waals surface area (Å²) >= 11 is 2.59. The Hall–Kier alpha value is -1.45. The zero-order valence-electron chi connectivity index (χ0n) is 7.31. The molecule has 0 unspecified atom stereocenters. The molecule has 0 fully saturated rings. The Morgan fingerprint density at radius 3 is 2.93 bits per heavy atom. The SMILES string of the molecule is CNc1nsnc1-c1ccc(C#N)s1. The van der Waals surface area contributed by atoms with Gasteiger partial charge in [0.15, 0.2) is 5.82 Å². The Labute approximate surface area is 89.2 Å². The largest absolute Gasteiger partial charge is 0.370 e. The monoisotopic (exact) mass is 222 g/mol. The minimum atomic E-state index is 0.690. The molecule has 0 bridgehead atoms. The van der Waals surface area contributed by atoms with Crippen molar-refractivity contribution in [2.24, 2.45) is 0 Å². The van der Waals surface area contributed by atoms with Crippen LogP contribution < -0.4 is 5.32 Å². The van der Waals surface area contributed by atoms with E-state index in [-0.39, 0.29) is 0 Å². The molecule has 2 rings (SSSR count). The van der Waals surface area contributed by atoms with Crippen LogP contribution in [0.5, 0.6) is 0 Å². The zero-order valence-corrected chi connectivity index (χ0v) is 8.95. The van der Waals surface area contributed by atoms with E-state index in [1.54, 1.807) is 13.1 Å². The minimum Gasteiger partial charge on any atom is -0.370 e. The molecule has 2 heterocycles. The van der Waals surface area contributed by atoms with Crippen molar-refractivity contribution in [2.45, 2.75) is 0 Å². The fourth-order valence-corrected chi connectivity index (χ4v) is 2.46. The second-order valence-electron chi connectivity index (χ2n) is 2.49. The Bertz CT molecular complexity index is 479. The molecular weight excluding hydrogens is 216 g/mol. The molecule has 0 aliphatic rings. The number of anilines is 1. The van der Waals surface area contributed by atoms with Gasteiger partial charge in [-0.3, -0.25) is 0 Å². The molecular formula is C8H6N4S2. The lowest BCUT2D eigenvalue weighted by molar-refractivity contribution is 1.42. The summed E-state index contributed by atoms with van der Waals surface area (Å²) in [7, 11) is 1.80. The minimum absolute atomic E-state index is 0.690. The van der Waals surface area contributed by atoms with Gasteiger partial charge in [-0.15, -0.1) is 11.3 Å². The van der Waals surface area contributed by atoms with E-state index in [0.717, 1.165) is 28.1 Å². The highest BCUT2D eigenvalue weighted by atomic mass is 32.1. The lowest BCUT2D eigenvalue weighted by Gasteiger charge is -1.94. The van der Waals surface area contributed by atoms with Gasteiger partial charge >= 0.3 is 0 Å². The zero-order chi connectivity index (χ0) is 9.97. The van der Waals surface area contributed by atoms with E-state index in [4.69, 9.17) is 5.26 Å². The highest BCUT2D eigenvalue weighted by Gasteiger charge is 2.11. The fourth-order valence-electron chi connectivity index (χ4n) is 1.04. The van der Waals surface area contributed by atoms with Crippen molar-refractivity contribution in [3.8, 4) is 16.6 Å². The standard InChI is InChI=1S/C8H6N4S2/c1-10-8-7(11-14-12-8)6-3-2-5(4-9)13-6/h2-3H,1H3,(H,10,12). The van der Waals surface area contributed by atoms with Crippen molar-refractivity contribution in [3.05, 3.63) is 17.0 Å². The number of thiophene rings is 1. The van der Waals surface area contributed by atoms with Crippen LogP contribution in [0.4, 0.5) is 5.82 Å². The number of nitrogens with one attached hydrogen (secondary N) is 1. The van der Waals surface area contributed by atoms with Gasteiger partial charge in [0.25, 0.3) is 0 Å². The molecule has 1 N–H and O–H groups in total. The molecule has 0 saturated carbocycles. The maximum atomic E-state index is 8.69. The molecule has 0 aromatic carbocycles. The van der Waals surface area contributed by atoms with Crippen molar-refractivity contribution in [1.82, 2.24) is 8.75 Å². The van der Waals surface area contributed by atoms with Gasteiger partial charge in [0.2, 0.25) is 0 Å². The molecule has 0 atom stereocenters. The normalized spacial score (nSPS) is 9.71. The van der Waals surface area contributed by atoms with Crippen LogP contribution in [-0.4, -0.2) is 15.8 Å². The summed E-state index contributed by atoms with van der Waals surface area (Å²) in [6.45, 7) is 0. The molecule has 70 valence electrons. The molecule has 2 aromatic heterocycles. The molecule has 0 amide bonds. The summed E-state index contributed by atoms with van der Waals surface area (Å²) in [6, 6.07) is 5.78. The van der Waals surface area contributed by atoms with Crippen molar-refractivity contribution in [2.75, 3.05) is 12.4 Å². The Kier molecular flexibility index (Phi) is 2.43. The first kappa shape index (κ1) is 9.12. The summed E-state index contributed by atoms with van der Waals surface area (Å²) in [5.41, 5.74) is 0.823. The number of aromatic nitrogens is 2. The number of rotatable bonds is 2. The van der Waals surface area contributed by atoms with Gasteiger partial charge in [0.1, 0.15) is 16.6 Å². The lowest BCUT2D eigenvalue weighted by atomic mass is 10.3. The van der Waals surface area contributed by atoms with E-state index in [9.17, 15) is 0 Å². The second-order valence-corrected chi connectivity index (χ2v) is 4.10. The Balaban J connectivity index is 2.45. The highest BCUT2D eigenvalue weighted by Crippen LogP contribution is 2.31. The topological polar surface area (TPSA) is 61.6 Å². The van der Waals surface area contributed by atoms with Crippen LogP contribution in [-0.2, 0) is 0 Å². The van der Waals surface area contributed by atoms with Crippen molar-refractivity contribution in [3.63, 3.8) is 0 Å². The van der Waals surface area contributed by atoms with Crippen LogP contribution in [0.15, 0.2) is 12.1 Å². The summed E-state index contributed by atoms with van der Waals surface area (Å²) in [5, 5.41) is 11.6. The van der Waals surface area contributed by atoms with Crippen LogP contribution in [0.25, 0.3) is 10.6 Å². The molecule has 0 radical (unpaired) electrons.